The largest absolute Gasteiger partial charge is 0.496 e. The standard InChI is InChI=1S/C15H20N2O2S2/c1-19-12-6-4-3-5-11(12)13(18)17-9-7-15(21-2,8-10-17)14(16)20/h3-6H,7-10H2,1-2H3,(H2,16,20). The summed E-state index contributed by atoms with van der Waals surface area (Å²) in [4.78, 5) is 15.0. The minimum atomic E-state index is -0.174. The summed E-state index contributed by atoms with van der Waals surface area (Å²) in [5.41, 5.74) is 6.48. The maximum Gasteiger partial charge on any atom is 0.257 e. The first-order valence-electron chi connectivity index (χ1n) is 6.81. The second-order valence-electron chi connectivity index (χ2n) is 5.06. The molecule has 0 unspecified atom stereocenters. The van der Waals surface area contributed by atoms with Gasteiger partial charge in [-0.3, -0.25) is 4.79 Å². The van der Waals surface area contributed by atoms with Crippen LogP contribution in [0.5, 0.6) is 5.75 Å². The van der Waals surface area contributed by atoms with Crippen LogP contribution in [0.3, 0.4) is 0 Å². The Morgan fingerprint density at radius 2 is 2.00 bits per heavy atom. The summed E-state index contributed by atoms with van der Waals surface area (Å²) in [5, 5.41) is 0. The summed E-state index contributed by atoms with van der Waals surface area (Å²) >= 11 is 6.89. The van der Waals surface area contributed by atoms with E-state index in [0.29, 0.717) is 29.4 Å². The van der Waals surface area contributed by atoms with E-state index in [1.165, 1.54) is 0 Å². The summed E-state index contributed by atoms with van der Waals surface area (Å²) in [6.45, 7) is 1.32. The van der Waals surface area contributed by atoms with Gasteiger partial charge in [0.2, 0.25) is 0 Å². The SMILES string of the molecule is COc1ccccc1C(=O)N1CCC(SC)(C(N)=S)CC1. The molecule has 0 saturated carbocycles. The lowest BCUT2D eigenvalue weighted by Crippen LogP contribution is -2.50. The molecule has 2 N–H and O–H groups in total. The Balaban J connectivity index is 2.12. The van der Waals surface area contributed by atoms with Gasteiger partial charge in [0.05, 0.1) is 22.4 Å². The first-order valence-corrected chi connectivity index (χ1v) is 8.45. The zero-order chi connectivity index (χ0) is 15.5. The molecular weight excluding hydrogens is 304 g/mol. The van der Waals surface area contributed by atoms with Gasteiger partial charge in [-0.05, 0) is 31.2 Å². The number of ether oxygens (including phenoxy) is 1. The second kappa shape index (κ2) is 6.66. The highest BCUT2D eigenvalue weighted by Crippen LogP contribution is 2.35. The van der Waals surface area contributed by atoms with Crippen molar-refractivity contribution < 1.29 is 9.53 Å². The van der Waals surface area contributed by atoms with Crippen LogP contribution in [0, 0.1) is 0 Å². The van der Waals surface area contributed by atoms with E-state index in [1.54, 1.807) is 31.0 Å². The zero-order valence-electron chi connectivity index (χ0n) is 12.3. The Morgan fingerprint density at radius 1 is 1.38 bits per heavy atom. The number of para-hydroxylation sites is 1. The number of hydrogen-bond acceptors (Lipinski definition) is 4. The molecule has 0 bridgehead atoms. The molecule has 21 heavy (non-hydrogen) atoms. The van der Waals surface area contributed by atoms with E-state index < -0.39 is 0 Å². The Hall–Kier alpha value is -1.27. The molecule has 1 saturated heterocycles. The maximum atomic E-state index is 12.6. The summed E-state index contributed by atoms with van der Waals surface area (Å²) < 4.78 is 5.09. The van der Waals surface area contributed by atoms with Crippen LogP contribution in [0.1, 0.15) is 23.2 Å². The summed E-state index contributed by atoms with van der Waals surface area (Å²) in [5.74, 6) is 0.614. The number of likely N-dealkylation sites (tertiary alicyclic amines) is 1. The third-order valence-electron chi connectivity index (χ3n) is 4.04. The topological polar surface area (TPSA) is 55.6 Å². The molecule has 1 aliphatic heterocycles. The number of benzene rings is 1. The van der Waals surface area contributed by atoms with Gasteiger partial charge in [-0.15, -0.1) is 0 Å². The Kier molecular flexibility index (Phi) is 5.11. The van der Waals surface area contributed by atoms with Crippen LogP contribution < -0.4 is 10.5 Å². The van der Waals surface area contributed by atoms with E-state index in [4.69, 9.17) is 22.7 Å². The van der Waals surface area contributed by atoms with Crippen LogP contribution in [-0.4, -0.2) is 47.0 Å². The van der Waals surface area contributed by atoms with Crippen molar-refractivity contribution in [1.82, 2.24) is 4.90 Å². The number of carbonyl (C=O) groups is 1. The number of thiocarbonyl (C=S) groups is 1. The van der Waals surface area contributed by atoms with Gasteiger partial charge < -0.3 is 15.4 Å². The van der Waals surface area contributed by atoms with E-state index in [9.17, 15) is 4.79 Å². The molecule has 6 heteroatoms. The molecule has 1 aromatic rings. The van der Waals surface area contributed by atoms with Gasteiger partial charge in [-0.25, -0.2) is 0 Å². The number of rotatable bonds is 4. The van der Waals surface area contributed by atoms with Gasteiger partial charge >= 0.3 is 0 Å². The Morgan fingerprint density at radius 3 is 2.52 bits per heavy atom. The summed E-state index contributed by atoms with van der Waals surface area (Å²) in [7, 11) is 1.58. The normalized spacial score (nSPS) is 17.3. The summed E-state index contributed by atoms with van der Waals surface area (Å²) in [6, 6.07) is 7.31. The van der Waals surface area contributed by atoms with Gasteiger partial charge in [0.15, 0.2) is 0 Å². The fourth-order valence-electron chi connectivity index (χ4n) is 2.61. The smallest absolute Gasteiger partial charge is 0.257 e. The first kappa shape index (κ1) is 16.1. The van der Waals surface area contributed by atoms with Crippen molar-refractivity contribution in [3.05, 3.63) is 29.8 Å². The zero-order valence-corrected chi connectivity index (χ0v) is 13.9. The molecule has 1 amide bonds. The summed E-state index contributed by atoms with van der Waals surface area (Å²) in [6.07, 6.45) is 3.62. The lowest BCUT2D eigenvalue weighted by molar-refractivity contribution is 0.0715. The Labute approximate surface area is 135 Å². The molecule has 1 heterocycles. The predicted octanol–water partition coefficient (Wildman–Crippen LogP) is 2.32. The lowest BCUT2D eigenvalue weighted by atomic mass is 9.95. The van der Waals surface area contributed by atoms with E-state index in [1.807, 2.05) is 23.3 Å². The number of piperidine rings is 1. The molecular formula is C15H20N2O2S2. The molecule has 1 fully saturated rings. The highest BCUT2D eigenvalue weighted by atomic mass is 32.2. The number of thioether (sulfide) groups is 1. The fraction of sp³-hybridized carbons (Fsp3) is 0.467. The lowest BCUT2D eigenvalue weighted by Gasteiger charge is -2.40. The highest BCUT2D eigenvalue weighted by Gasteiger charge is 2.38. The molecule has 0 atom stereocenters. The van der Waals surface area contributed by atoms with Crippen LogP contribution in [0.15, 0.2) is 24.3 Å². The number of hydrogen-bond donors (Lipinski definition) is 1. The van der Waals surface area contributed by atoms with Gasteiger partial charge in [-0.1, -0.05) is 24.4 Å². The van der Waals surface area contributed by atoms with Crippen molar-refractivity contribution in [2.45, 2.75) is 17.6 Å². The van der Waals surface area contributed by atoms with E-state index in [-0.39, 0.29) is 10.7 Å². The molecule has 2 rings (SSSR count). The van der Waals surface area contributed by atoms with Gasteiger partial charge in [0.25, 0.3) is 5.91 Å². The third kappa shape index (κ3) is 3.16. The molecule has 0 aliphatic carbocycles. The average molecular weight is 324 g/mol. The van der Waals surface area contributed by atoms with Crippen molar-refractivity contribution in [3.8, 4) is 5.75 Å². The minimum absolute atomic E-state index is 0.00472. The third-order valence-corrected chi connectivity index (χ3v) is 5.97. The van der Waals surface area contributed by atoms with Crippen LogP contribution in [0.4, 0.5) is 0 Å². The second-order valence-corrected chi connectivity index (χ2v) is 6.68. The molecule has 4 nitrogen and oxygen atoms in total. The first-order chi connectivity index (χ1) is 10.0. The highest BCUT2D eigenvalue weighted by molar-refractivity contribution is 8.02. The molecule has 0 aromatic heterocycles. The number of nitrogens with two attached hydrogens (primary N) is 1. The van der Waals surface area contributed by atoms with E-state index in [2.05, 4.69) is 0 Å². The van der Waals surface area contributed by atoms with Crippen LogP contribution in [0.25, 0.3) is 0 Å². The molecule has 0 spiro atoms. The fourth-order valence-corrected chi connectivity index (χ4v) is 3.86. The van der Waals surface area contributed by atoms with Gasteiger partial charge in [-0.2, -0.15) is 11.8 Å². The van der Waals surface area contributed by atoms with Crippen LogP contribution in [0.2, 0.25) is 0 Å². The van der Waals surface area contributed by atoms with Crippen molar-refractivity contribution >= 4 is 34.9 Å². The number of nitrogens with zero attached hydrogens (tertiary/aromatic N) is 1. The number of carbonyl (C=O) groups excluding carboxylic acids is 1. The van der Waals surface area contributed by atoms with Crippen molar-refractivity contribution in [1.29, 1.82) is 0 Å². The number of methoxy groups -OCH3 is 1. The quantitative estimate of drug-likeness (QED) is 0.862. The maximum absolute atomic E-state index is 12.6. The van der Waals surface area contributed by atoms with Crippen LogP contribution in [-0.2, 0) is 0 Å². The Bertz CT molecular complexity index is 540. The van der Waals surface area contributed by atoms with Crippen molar-refractivity contribution in [2.75, 3.05) is 26.5 Å². The van der Waals surface area contributed by atoms with E-state index >= 15 is 0 Å². The average Bonchev–Trinajstić information content (AvgIpc) is 2.54. The van der Waals surface area contributed by atoms with Gasteiger partial charge in [0.1, 0.15) is 5.75 Å². The van der Waals surface area contributed by atoms with E-state index in [0.717, 1.165) is 12.8 Å². The van der Waals surface area contributed by atoms with Gasteiger partial charge in [0, 0.05) is 13.1 Å². The van der Waals surface area contributed by atoms with Crippen molar-refractivity contribution in [2.24, 2.45) is 5.73 Å². The molecule has 1 aliphatic rings. The number of amides is 1. The monoisotopic (exact) mass is 324 g/mol. The molecule has 0 radical (unpaired) electrons. The molecule has 1 aromatic carbocycles. The predicted molar refractivity (Wildman–Crippen MR) is 91.2 cm³/mol. The van der Waals surface area contributed by atoms with Crippen LogP contribution >= 0.6 is 24.0 Å². The molecule has 114 valence electrons. The minimum Gasteiger partial charge on any atom is -0.496 e. The van der Waals surface area contributed by atoms with Crippen molar-refractivity contribution in [3.63, 3.8) is 0 Å².